The van der Waals surface area contributed by atoms with Crippen molar-refractivity contribution in [1.29, 1.82) is 0 Å². The SMILES string of the molecule is C[C@H](NC(=O)[C@H](NC(=O)OC(C)(C)C)c1ccccc1)c1ncc(-c2ccc(C#Cc3ccc(-c4cnc([C@@H]5CCCN5C(=O)[C@H](NOCOC(C)(C)C)c5ccccc5)[nH]4)cc3)cc2)[nH]1. The van der Waals surface area contributed by atoms with Crippen molar-refractivity contribution in [1.82, 2.24) is 40.9 Å². The van der Waals surface area contributed by atoms with Crippen molar-refractivity contribution in [3.63, 3.8) is 0 Å². The molecule has 66 heavy (non-hydrogen) atoms. The van der Waals surface area contributed by atoms with E-state index in [2.05, 4.69) is 42.9 Å². The van der Waals surface area contributed by atoms with E-state index in [4.69, 9.17) is 19.3 Å². The number of carbonyl (C=O) groups excluding carboxylic acids is 3. The summed E-state index contributed by atoms with van der Waals surface area (Å²) in [4.78, 5) is 63.8. The van der Waals surface area contributed by atoms with Gasteiger partial charge in [-0.25, -0.2) is 14.8 Å². The summed E-state index contributed by atoms with van der Waals surface area (Å²) in [6, 6.07) is 32.0. The van der Waals surface area contributed by atoms with Crippen LogP contribution in [-0.4, -0.2) is 67.3 Å². The Balaban J connectivity index is 0.950. The van der Waals surface area contributed by atoms with E-state index in [0.717, 1.165) is 57.9 Å². The first-order valence-electron chi connectivity index (χ1n) is 22.1. The molecular formula is C52H58N8O6. The molecule has 3 amide bonds. The van der Waals surface area contributed by atoms with E-state index in [1.54, 1.807) is 39.1 Å². The standard InChI is InChI=1S/C52H58N8O6/c1-34(55-48(61)44(39-15-10-8-11-16-39)58-50(63)66-52(5,6)7)46-53-31-41(56-46)37-26-22-35(23-27-37)20-21-36-24-28-38(29-25-36)42-32-54-47(57-42)43-19-14-30-60(43)49(62)45(40-17-12-9-13-18-40)59-65-33-64-51(2,3)4/h8-13,15-18,22-29,31-32,34,43-45,59H,14,19,30,33H2,1-7H3,(H,53,56)(H,54,57)(H,55,61)(H,58,63)/t34-,43-,44+,45+/m0/s1. The van der Waals surface area contributed by atoms with E-state index >= 15 is 0 Å². The summed E-state index contributed by atoms with van der Waals surface area (Å²) in [5, 5.41) is 5.67. The minimum atomic E-state index is -0.966. The van der Waals surface area contributed by atoms with Crippen LogP contribution < -0.4 is 16.1 Å². The number of nitrogens with zero attached hydrogens (tertiary/aromatic N) is 3. The minimum Gasteiger partial charge on any atom is -0.444 e. The lowest BCUT2D eigenvalue weighted by Crippen LogP contribution is -2.43. The molecular weight excluding hydrogens is 833 g/mol. The number of hydrogen-bond acceptors (Lipinski definition) is 9. The maximum atomic E-state index is 14.1. The van der Waals surface area contributed by atoms with Crippen molar-refractivity contribution in [2.45, 2.75) is 96.7 Å². The summed E-state index contributed by atoms with van der Waals surface area (Å²) < 4.78 is 11.1. The number of nitrogens with one attached hydrogen (secondary N) is 5. The van der Waals surface area contributed by atoms with Crippen molar-refractivity contribution in [2.24, 2.45) is 0 Å². The number of aromatic amines is 2. The molecule has 14 nitrogen and oxygen atoms in total. The largest absolute Gasteiger partial charge is 0.444 e. The fourth-order valence-corrected chi connectivity index (χ4v) is 7.41. The van der Waals surface area contributed by atoms with Crippen LogP contribution in [-0.2, 0) is 23.9 Å². The van der Waals surface area contributed by atoms with Crippen LogP contribution in [0.4, 0.5) is 4.79 Å². The average Bonchev–Trinajstić information content (AvgIpc) is 4.10. The van der Waals surface area contributed by atoms with Crippen LogP contribution >= 0.6 is 0 Å². The molecule has 0 bridgehead atoms. The first kappa shape index (κ1) is 46.9. The Morgan fingerprint density at radius 3 is 1.86 bits per heavy atom. The van der Waals surface area contributed by atoms with Gasteiger partial charge >= 0.3 is 6.09 Å². The highest BCUT2D eigenvalue weighted by molar-refractivity contribution is 5.87. The van der Waals surface area contributed by atoms with Crippen molar-refractivity contribution < 1.29 is 28.7 Å². The third kappa shape index (κ3) is 12.6. The number of H-pyrrole nitrogens is 2. The van der Waals surface area contributed by atoms with Gasteiger partial charge < -0.3 is 35.0 Å². The second kappa shape index (κ2) is 20.8. The van der Waals surface area contributed by atoms with E-state index in [1.807, 2.05) is 136 Å². The molecule has 14 heteroatoms. The van der Waals surface area contributed by atoms with Crippen LogP contribution in [0.2, 0.25) is 0 Å². The smallest absolute Gasteiger partial charge is 0.408 e. The Bertz CT molecular complexity index is 2620. The topological polar surface area (TPSA) is 176 Å². The zero-order valence-electron chi connectivity index (χ0n) is 38.5. The first-order valence-corrected chi connectivity index (χ1v) is 22.1. The van der Waals surface area contributed by atoms with Gasteiger partial charge in [-0.2, -0.15) is 5.48 Å². The lowest BCUT2D eigenvalue weighted by atomic mass is 10.1. The molecule has 0 aliphatic carbocycles. The summed E-state index contributed by atoms with van der Waals surface area (Å²) in [5.74, 6) is 7.32. The normalized spacial score (nSPS) is 15.3. The molecule has 0 spiro atoms. The Morgan fingerprint density at radius 1 is 0.727 bits per heavy atom. The summed E-state index contributed by atoms with van der Waals surface area (Å²) in [5.41, 5.74) is 8.48. The zero-order valence-corrected chi connectivity index (χ0v) is 38.5. The van der Waals surface area contributed by atoms with Gasteiger partial charge in [-0.1, -0.05) is 96.8 Å². The van der Waals surface area contributed by atoms with Crippen molar-refractivity contribution in [3.05, 3.63) is 155 Å². The summed E-state index contributed by atoms with van der Waals surface area (Å²) in [7, 11) is 0. The Kier molecular flexibility index (Phi) is 14.8. The van der Waals surface area contributed by atoms with Gasteiger partial charge in [0.25, 0.3) is 0 Å². The fourth-order valence-electron chi connectivity index (χ4n) is 7.41. The lowest BCUT2D eigenvalue weighted by Gasteiger charge is -2.29. The predicted octanol–water partition coefficient (Wildman–Crippen LogP) is 9.01. The average molecular weight is 891 g/mol. The van der Waals surface area contributed by atoms with E-state index in [-0.39, 0.29) is 24.3 Å². The van der Waals surface area contributed by atoms with E-state index in [9.17, 15) is 14.4 Å². The number of rotatable bonds is 14. The highest BCUT2D eigenvalue weighted by Crippen LogP contribution is 2.34. The minimum absolute atomic E-state index is 0.0000343. The highest BCUT2D eigenvalue weighted by atomic mass is 16.8. The number of aromatic nitrogens is 4. The Morgan fingerprint density at radius 2 is 1.29 bits per heavy atom. The molecule has 1 aliphatic rings. The number of likely N-dealkylation sites (tertiary alicyclic amines) is 1. The van der Waals surface area contributed by atoms with Gasteiger partial charge in [-0.3, -0.25) is 14.4 Å². The van der Waals surface area contributed by atoms with Crippen LogP contribution in [0.3, 0.4) is 0 Å². The highest BCUT2D eigenvalue weighted by Gasteiger charge is 2.36. The maximum Gasteiger partial charge on any atom is 0.408 e. The summed E-state index contributed by atoms with van der Waals surface area (Å²) >= 11 is 0. The van der Waals surface area contributed by atoms with Gasteiger partial charge in [0.05, 0.1) is 41.5 Å². The summed E-state index contributed by atoms with van der Waals surface area (Å²) in [6.07, 6.45) is 4.50. The number of amides is 3. The Labute approximate surface area is 386 Å². The van der Waals surface area contributed by atoms with E-state index in [0.29, 0.717) is 17.9 Å². The van der Waals surface area contributed by atoms with Crippen LogP contribution in [0.15, 0.2) is 122 Å². The van der Waals surface area contributed by atoms with Crippen LogP contribution in [0.5, 0.6) is 0 Å². The molecule has 4 atom stereocenters. The molecule has 0 radical (unpaired) electrons. The fraction of sp³-hybridized carbons (Fsp3) is 0.327. The molecule has 6 aromatic rings. The number of hydrogen-bond donors (Lipinski definition) is 5. The molecule has 1 fully saturated rings. The molecule has 4 aromatic carbocycles. The van der Waals surface area contributed by atoms with Crippen molar-refractivity contribution in [2.75, 3.05) is 13.3 Å². The van der Waals surface area contributed by atoms with E-state index < -0.39 is 35.7 Å². The van der Waals surface area contributed by atoms with E-state index in [1.165, 1.54) is 0 Å². The monoisotopic (exact) mass is 890 g/mol. The number of ether oxygens (including phenoxy) is 2. The van der Waals surface area contributed by atoms with Crippen molar-refractivity contribution >= 4 is 17.9 Å². The molecule has 3 heterocycles. The molecule has 2 aromatic heterocycles. The number of imidazole rings is 2. The first-order chi connectivity index (χ1) is 31.6. The quantitative estimate of drug-likeness (QED) is 0.0309. The number of alkyl carbamates (subject to hydrolysis) is 1. The third-order valence-corrected chi connectivity index (χ3v) is 10.7. The maximum absolute atomic E-state index is 14.1. The lowest BCUT2D eigenvalue weighted by molar-refractivity contribution is -0.166. The van der Waals surface area contributed by atoms with Crippen LogP contribution in [0, 0.1) is 11.8 Å². The van der Waals surface area contributed by atoms with Gasteiger partial charge in [0.1, 0.15) is 29.3 Å². The van der Waals surface area contributed by atoms with Gasteiger partial charge in [-0.15, -0.1) is 0 Å². The molecule has 1 saturated heterocycles. The summed E-state index contributed by atoms with van der Waals surface area (Å²) in [6.45, 7) is 13.6. The second-order valence-corrected chi connectivity index (χ2v) is 18.2. The third-order valence-electron chi connectivity index (χ3n) is 10.7. The Hall–Kier alpha value is -7.05. The molecule has 0 saturated carbocycles. The predicted molar refractivity (Wildman–Crippen MR) is 252 cm³/mol. The molecule has 1 aliphatic heterocycles. The van der Waals surface area contributed by atoms with Crippen LogP contribution in [0.1, 0.15) is 119 Å². The number of carbonyl (C=O) groups is 3. The number of hydroxylamine groups is 1. The van der Waals surface area contributed by atoms with Gasteiger partial charge in [0.15, 0.2) is 6.79 Å². The second-order valence-electron chi connectivity index (χ2n) is 18.2. The van der Waals surface area contributed by atoms with Gasteiger partial charge in [0, 0.05) is 17.7 Å². The molecule has 7 rings (SSSR count). The zero-order chi connectivity index (χ0) is 46.8. The van der Waals surface area contributed by atoms with Gasteiger partial charge in [-0.05, 0) is 108 Å². The van der Waals surface area contributed by atoms with Crippen molar-refractivity contribution in [3.8, 4) is 34.4 Å². The molecule has 5 N–H and O–H groups in total. The number of benzene rings is 4. The van der Waals surface area contributed by atoms with Gasteiger partial charge in [0.2, 0.25) is 11.8 Å². The molecule has 0 unspecified atom stereocenters. The molecule has 342 valence electrons. The van der Waals surface area contributed by atoms with Crippen LogP contribution in [0.25, 0.3) is 22.5 Å².